The smallest absolute Gasteiger partial charge is 0.312 e. The second-order valence-electron chi connectivity index (χ2n) is 5.38. The Bertz CT molecular complexity index is 645. The zero-order valence-electron chi connectivity index (χ0n) is 11.8. The third-order valence-corrected chi connectivity index (χ3v) is 3.72. The van der Waals surface area contributed by atoms with Gasteiger partial charge in [-0.15, -0.1) is 0 Å². The fourth-order valence-electron chi connectivity index (χ4n) is 2.00. The first kappa shape index (κ1) is 15.4. The molecule has 1 N–H and O–H groups in total. The Hall–Kier alpha value is -1.95. The number of rotatable bonds is 5. The predicted octanol–water partition coefficient (Wildman–Crippen LogP) is 4.14. The van der Waals surface area contributed by atoms with Crippen molar-refractivity contribution in [3.63, 3.8) is 0 Å². The van der Waals surface area contributed by atoms with E-state index < -0.39 is 4.92 Å². The Balaban J connectivity index is 2.18. The molecule has 0 aliphatic rings. The fourth-order valence-corrected chi connectivity index (χ4v) is 2.32. The van der Waals surface area contributed by atoms with E-state index in [1.165, 1.54) is 6.07 Å². The van der Waals surface area contributed by atoms with E-state index in [4.69, 9.17) is 0 Å². The van der Waals surface area contributed by atoms with Crippen molar-refractivity contribution in [3.8, 4) is 0 Å². The third-order valence-electron chi connectivity index (χ3n) is 3.28. The number of nitrogens with zero attached hydrogens (tertiary/aromatic N) is 2. The van der Waals surface area contributed by atoms with E-state index in [1.54, 1.807) is 6.20 Å². The number of hydrogen-bond donors (Lipinski definition) is 1. The van der Waals surface area contributed by atoms with Crippen molar-refractivity contribution in [1.29, 1.82) is 0 Å². The molecule has 21 heavy (non-hydrogen) atoms. The summed E-state index contributed by atoms with van der Waals surface area (Å²) in [6, 6.07) is 11.5. The third kappa shape index (κ3) is 3.78. The molecular weight excluding hydrogens is 334 g/mol. The van der Waals surface area contributed by atoms with E-state index in [0.29, 0.717) is 11.0 Å². The van der Waals surface area contributed by atoms with Crippen LogP contribution in [0.4, 0.5) is 11.5 Å². The second-order valence-corrected chi connectivity index (χ2v) is 6.30. The van der Waals surface area contributed by atoms with Gasteiger partial charge in [-0.1, -0.05) is 44.2 Å². The van der Waals surface area contributed by atoms with Crippen molar-refractivity contribution in [3.05, 3.63) is 62.7 Å². The van der Waals surface area contributed by atoms with Gasteiger partial charge in [0, 0.05) is 28.7 Å². The number of pyridine rings is 1. The van der Waals surface area contributed by atoms with Crippen LogP contribution in [0.15, 0.2) is 47.1 Å². The zero-order valence-corrected chi connectivity index (χ0v) is 13.4. The van der Waals surface area contributed by atoms with Crippen molar-refractivity contribution >= 4 is 27.4 Å². The normalized spacial score (nSPS) is 11.2. The summed E-state index contributed by atoms with van der Waals surface area (Å²) in [5, 5.41) is 14.2. The minimum atomic E-state index is -0.435. The number of hydrogen-bond acceptors (Lipinski definition) is 4. The highest BCUT2D eigenvalue weighted by atomic mass is 79.9. The molecule has 0 aliphatic heterocycles. The molecule has 6 heteroatoms. The maximum atomic E-state index is 11.1. The molecule has 0 aliphatic carbocycles. The number of nitro groups is 1. The van der Waals surface area contributed by atoms with Gasteiger partial charge in [0.25, 0.3) is 0 Å². The fraction of sp³-hybridized carbons (Fsp3) is 0.267. The summed E-state index contributed by atoms with van der Waals surface area (Å²) >= 11 is 3.20. The van der Waals surface area contributed by atoms with Crippen molar-refractivity contribution in [2.45, 2.75) is 19.3 Å². The zero-order chi connectivity index (χ0) is 15.5. The number of halogens is 1. The Labute approximate surface area is 131 Å². The van der Waals surface area contributed by atoms with Gasteiger partial charge >= 0.3 is 5.69 Å². The maximum Gasteiger partial charge on any atom is 0.312 e. The first-order valence-electron chi connectivity index (χ1n) is 6.49. The van der Waals surface area contributed by atoms with Crippen molar-refractivity contribution in [2.24, 2.45) is 0 Å². The standard InChI is InChI=1S/C15H16BrN3O2/c1-15(2,11-6-4-3-5-7-11)10-18-14-13(19(20)21)8-12(16)9-17-14/h3-9H,10H2,1-2H3,(H,17,18). The lowest BCUT2D eigenvalue weighted by Gasteiger charge is -2.25. The number of benzene rings is 1. The molecule has 0 saturated carbocycles. The number of nitrogens with one attached hydrogen (secondary N) is 1. The summed E-state index contributed by atoms with van der Waals surface area (Å²) in [4.78, 5) is 14.7. The van der Waals surface area contributed by atoms with Gasteiger partial charge in [0.1, 0.15) is 0 Å². The molecule has 1 aromatic heterocycles. The van der Waals surface area contributed by atoms with Crippen LogP contribution < -0.4 is 5.32 Å². The minimum absolute atomic E-state index is 0.0340. The van der Waals surface area contributed by atoms with Gasteiger partial charge in [0.2, 0.25) is 5.82 Å². The highest BCUT2D eigenvalue weighted by Gasteiger charge is 2.23. The average molecular weight is 350 g/mol. The number of anilines is 1. The van der Waals surface area contributed by atoms with E-state index in [-0.39, 0.29) is 16.9 Å². The molecule has 1 heterocycles. The Morgan fingerprint density at radius 1 is 1.33 bits per heavy atom. The topological polar surface area (TPSA) is 68.1 Å². The maximum absolute atomic E-state index is 11.1. The average Bonchev–Trinajstić information content (AvgIpc) is 2.47. The van der Waals surface area contributed by atoms with Crippen LogP contribution >= 0.6 is 15.9 Å². The van der Waals surface area contributed by atoms with Gasteiger partial charge in [0.05, 0.1) is 4.92 Å². The molecule has 0 amide bonds. The van der Waals surface area contributed by atoms with Crippen LogP contribution in [0.5, 0.6) is 0 Å². The van der Waals surface area contributed by atoms with E-state index in [2.05, 4.69) is 40.1 Å². The SMILES string of the molecule is CC(C)(CNc1ncc(Br)cc1[N+](=O)[O-])c1ccccc1. The van der Waals surface area contributed by atoms with Gasteiger partial charge in [-0.2, -0.15) is 0 Å². The molecular formula is C15H16BrN3O2. The molecule has 0 fully saturated rings. The van der Waals surface area contributed by atoms with Gasteiger partial charge in [-0.3, -0.25) is 10.1 Å². The molecule has 0 unspecified atom stereocenters. The lowest BCUT2D eigenvalue weighted by molar-refractivity contribution is -0.384. The molecule has 0 bridgehead atoms. The summed E-state index contributed by atoms with van der Waals surface area (Å²) in [5.41, 5.74) is 0.967. The highest BCUT2D eigenvalue weighted by molar-refractivity contribution is 9.10. The number of aromatic nitrogens is 1. The Morgan fingerprint density at radius 2 is 2.00 bits per heavy atom. The van der Waals surface area contributed by atoms with Crippen LogP contribution in [0.25, 0.3) is 0 Å². The van der Waals surface area contributed by atoms with Gasteiger partial charge in [0.15, 0.2) is 0 Å². The van der Waals surface area contributed by atoms with Crippen LogP contribution in [-0.4, -0.2) is 16.5 Å². The first-order chi connectivity index (χ1) is 9.90. The molecule has 2 aromatic rings. The van der Waals surface area contributed by atoms with Crippen molar-refractivity contribution in [2.75, 3.05) is 11.9 Å². The molecule has 5 nitrogen and oxygen atoms in total. The lowest BCUT2D eigenvalue weighted by Crippen LogP contribution is -2.28. The summed E-state index contributed by atoms with van der Waals surface area (Å²) in [7, 11) is 0. The molecule has 110 valence electrons. The highest BCUT2D eigenvalue weighted by Crippen LogP contribution is 2.28. The first-order valence-corrected chi connectivity index (χ1v) is 7.29. The van der Waals surface area contributed by atoms with Crippen molar-refractivity contribution in [1.82, 2.24) is 4.98 Å². The summed E-state index contributed by atoms with van der Waals surface area (Å²) in [5.74, 6) is 0.284. The molecule has 0 atom stereocenters. The van der Waals surface area contributed by atoms with Crippen LogP contribution in [0.2, 0.25) is 0 Å². The van der Waals surface area contributed by atoms with Crippen molar-refractivity contribution < 1.29 is 4.92 Å². The summed E-state index contributed by atoms with van der Waals surface area (Å²) in [6.07, 6.45) is 1.55. The van der Waals surface area contributed by atoms with Gasteiger partial charge < -0.3 is 5.32 Å². The monoisotopic (exact) mass is 349 g/mol. The van der Waals surface area contributed by atoms with Crippen LogP contribution in [0, 0.1) is 10.1 Å². The molecule has 2 rings (SSSR count). The molecule has 0 saturated heterocycles. The summed E-state index contributed by atoms with van der Waals surface area (Å²) < 4.78 is 0.585. The van der Waals surface area contributed by atoms with Crippen LogP contribution in [-0.2, 0) is 5.41 Å². The molecule has 0 spiro atoms. The van der Waals surface area contributed by atoms with Crippen LogP contribution in [0.3, 0.4) is 0 Å². The largest absolute Gasteiger partial charge is 0.363 e. The lowest BCUT2D eigenvalue weighted by atomic mass is 9.84. The minimum Gasteiger partial charge on any atom is -0.363 e. The van der Waals surface area contributed by atoms with E-state index >= 15 is 0 Å². The van der Waals surface area contributed by atoms with Gasteiger partial charge in [-0.25, -0.2) is 4.98 Å². The van der Waals surface area contributed by atoms with E-state index in [0.717, 1.165) is 5.56 Å². The van der Waals surface area contributed by atoms with E-state index in [9.17, 15) is 10.1 Å². The molecule has 0 radical (unpaired) electrons. The van der Waals surface area contributed by atoms with Crippen LogP contribution in [0.1, 0.15) is 19.4 Å². The Morgan fingerprint density at radius 3 is 2.62 bits per heavy atom. The summed E-state index contributed by atoms with van der Waals surface area (Å²) in [6.45, 7) is 4.71. The van der Waals surface area contributed by atoms with E-state index in [1.807, 2.05) is 30.3 Å². The predicted molar refractivity (Wildman–Crippen MR) is 86.5 cm³/mol. The van der Waals surface area contributed by atoms with Gasteiger partial charge in [-0.05, 0) is 21.5 Å². The quantitative estimate of drug-likeness (QED) is 0.650. The second kappa shape index (κ2) is 6.22. The molecule has 1 aromatic carbocycles. The Kier molecular flexibility index (Phi) is 4.57.